The maximum atomic E-state index is 5.77. The third-order valence-electron chi connectivity index (χ3n) is 2.69. The second-order valence-electron chi connectivity index (χ2n) is 4.98. The van der Waals surface area contributed by atoms with Gasteiger partial charge in [-0.2, -0.15) is 0 Å². The van der Waals surface area contributed by atoms with Crippen molar-refractivity contribution < 1.29 is 0 Å². The van der Waals surface area contributed by atoms with Gasteiger partial charge in [0.25, 0.3) is 0 Å². The van der Waals surface area contributed by atoms with Crippen molar-refractivity contribution in [2.45, 2.75) is 52.1 Å². The Morgan fingerprint density at radius 1 is 1.58 bits per heavy atom. The number of hydrogen-bond acceptors (Lipinski definition) is 2. The SMILES string of the molecule is CC(N)CC1CC(C)(C)CCN1. The lowest BCUT2D eigenvalue weighted by Crippen LogP contribution is -2.44. The van der Waals surface area contributed by atoms with Crippen LogP contribution < -0.4 is 11.1 Å². The predicted octanol–water partition coefficient (Wildman–Crippen LogP) is 1.50. The van der Waals surface area contributed by atoms with Gasteiger partial charge in [-0.05, 0) is 38.1 Å². The molecule has 1 heterocycles. The van der Waals surface area contributed by atoms with Gasteiger partial charge in [-0.25, -0.2) is 0 Å². The van der Waals surface area contributed by atoms with Gasteiger partial charge < -0.3 is 11.1 Å². The zero-order chi connectivity index (χ0) is 9.19. The summed E-state index contributed by atoms with van der Waals surface area (Å²) in [5.74, 6) is 0. The second kappa shape index (κ2) is 3.75. The molecule has 0 radical (unpaired) electrons. The molecular weight excluding hydrogens is 148 g/mol. The monoisotopic (exact) mass is 170 g/mol. The summed E-state index contributed by atoms with van der Waals surface area (Å²) in [6.45, 7) is 7.94. The van der Waals surface area contributed by atoms with Crippen LogP contribution in [0.15, 0.2) is 0 Å². The number of hydrogen-bond donors (Lipinski definition) is 2. The van der Waals surface area contributed by atoms with Gasteiger partial charge in [-0.3, -0.25) is 0 Å². The molecule has 0 saturated carbocycles. The van der Waals surface area contributed by atoms with E-state index in [-0.39, 0.29) is 0 Å². The highest BCUT2D eigenvalue weighted by Gasteiger charge is 2.27. The molecular formula is C10H22N2. The van der Waals surface area contributed by atoms with Crippen molar-refractivity contribution in [2.24, 2.45) is 11.1 Å². The molecule has 2 heteroatoms. The number of nitrogens with two attached hydrogens (primary N) is 1. The van der Waals surface area contributed by atoms with Crippen LogP contribution in [0.5, 0.6) is 0 Å². The first-order chi connectivity index (χ1) is 5.49. The molecule has 3 N–H and O–H groups in total. The summed E-state index contributed by atoms with van der Waals surface area (Å²) >= 11 is 0. The third kappa shape index (κ3) is 3.11. The lowest BCUT2D eigenvalue weighted by atomic mass is 9.78. The number of rotatable bonds is 2. The van der Waals surface area contributed by atoms with Crippen molar-refractivity contribution in [3.8, 4) is 0 Å². The molecule has 1 aliphatic rings. The van der Waals surface area contributed by atoms with Crippen molar-refractivity contribution in [3.63, 3.8) is 0 Å². The lowest BCUT2D eigenvalue weighted by molar-refractivity contribution is 0.199. The normalized spacial score (nSPS) is 31.5. The zero-order valence-electron chi connectivity index (χ0n) is 8.56. The molecule has 0 aromatic carbocycles. The van der Waals surface area contributed by atoms with E-state index in [9.17, 15) is 0 Å². The second-order valence-corrected chi connectivity index (χ2v) is 4.98. The molecule has 1 saturated heterocycles. The Kier molecular flexibility index (Phi) is 3.13. The molecule has 72 valence electrons. The van der Waals surface area contributed by atoms with E-state index in [1.165, 1.54) is 12.8 Å². The van der Waals surface area contributed by atoms with E-state index in [0.717, 1.165) is 13.0 Å². The van der Waals surface area contributed by atoms with Crippen molar-refractivity contribution in [3.05, 3.63) is 0 Å². The van der Waals surface area contributed by atoms with Crippen LogP contribution in [0.4, 0.5) is 0 Å². The highest BCUT2D eigenvalue weighted by atomic mass is 14.9. The standard InChI is InChI=1S/C10H22N2/c1-8(11)6-9-7-10(2,3)4-5-12-9/h8-9,12H,4-7,11H2,1-3H3. The number of nitrogens with one attached hydrogen (secondary N) is 1. The lowest BCUT2D eigenvalue weighted by Gasteiger charge is -2.36. The molecule has 0 aliphatic carbocycles. The van der Waals surface area contributed by atoms with Gasteiger partial charge in [0.05, 0.1) is 0 Å². The molecule has 2 nitrogen and oxygen atoms in total. The average Bonchev–Trinajstić information content (AvgIpc) is 1.82. The minimum Gasteiger partial charge on any atom is -0.328 e. The minimum absolute atomic E-state index is 0.330. The largest absolute Gasteiger partial charge is 0.328 e. The van der Waals surface area contributed by atoms with Crippen LogP contribution in [0.1, 0.15) is 40.0 Å². The molecule has 1 aliphatic heterocycles. The minimum atomic E-state index is 0.330. The summed E-state index contributed by atoms with van der Waals surface area (Å²) < 4.78 is 0. The fraction of sp³-hybridized carbons (Fsp3) is 1.00. The van der Waals surface area contributed by atoms with Crippen LogP contribution >= 0.6 is 0 Å². The summed E-state index contributed by atoms with van der Waals surface area (Å²) in [7, 11) is 0. The molecule has 0 aromatic rings. The van der Waals surface area contributed by atoms with Crippen molar-refractivity contribution in [1.82, 2.24) is 5.32 Å². The van der Waals surface area contributed by atoms with Crippen LogP contribution in [0.2, 0.25) is 0 Å². The fourth-order valence-electron chi connectivity index (χ4n) is 2.07. The van der Waals surface area contributed by atoms with Gasteiger partial charge in [0, 0.05) is 12.1 Å². The Hall–Kier alpha value is -0.0800. The van der Waals surface area contributed by atoms with Crippen LogP contribution in [-0.2, 0) is 0 Å². The first-order valence-electron chi connectivity index (χ1n) is 4.98. The summed E-state index contributed by atoms with van der Waals surface area (Å²) in [6.07, 6.45) is 3.68. The van der Waals surface area contributed by atoms with E-state index in [1.54, 1.807) is 0 Å². The summed E-state index contributed by atoms with van der Waals surface area (Å²) in [5.41, 5.74) is 6.29. The van der Waals surface area contributed by atoms with Crippen LogP contribution in [-0.4, -0.2) is 18.6 Å². The predicted molar refractivity (Wildman–Crippen MR) is 53.1 cm³/mol. The Balaban J connectivity index is 2.36. The topological polar surface area (TPSA) is 38.0 Å². The molecule has 0 aromatic heterocycles. The zero-order valence-corrected chi connectivity index (χ0v) is 8.56. The fourth-order valence-corrected chi connectivity index (χ4v) is 2.07. The Labute approximate surface area is 75.9 Å². The maximum absolute atomic E-state index is 5.77. The molecule has 12 heavy (non-hydrogen) atoms. The molecule has 1 rings (SSSR count). The number of piperidine rings is 1. The highest BCUT2D eigenvalue weighted by molar-refractivity contribution is 4.85. The van der Waals surface area contributed by atoms with Crippen LogP contribution in [0.25, 0.3) is 0 Å². The van der Waals surface area contributed by atoms with Crippen molar-refractivity contribution in [2.75, 3.05) is 6.54 Å². The van der Waals surface area contributed by atoms with E-state index in [2.05, 4.69) is 26.1 Å². The van der Waals surface area contributed by atoms with E-state index in [4.69, 9.17) is 5.73 Å². The summed E-state index contributed by atoms with van der Waals surface area (Å²) in [5, 5.41) is 3.53. The van der Waals surface area contributed by atoms with Crippen LogP contribution in [0.3, 0.4) is 0 Å². The van der Waals surface area contributed by atoms with Gasteiger partial charge in [-0.15, -0.1) is 0 Å². The third-order valence-corrected chi connectivity index (χ3v) is 2.69. The first kappa shape index (κ1) is 10.0. The smallest absolute Gasteiger partial charge is 0.00867 e. The summed E-state index contributed by atoms with van der Waals surface area (Å²) in [6, 6.07) is 0.977. The molecule has 2 unspecified atom stereocenters. The van der Waals surface area contributed by atoms with Gasteiger partial charge in [-0.1, -0.05) is 13.8 Å². The Morgan fingerprint density at radius 2 is 2.25 bits per heavy atom. The molecule has 1 fully saturated rings. The van der Waals surface area contributed by atoms with Gasteiger partial charge in [0.15, 0.2) is 0 Å². The van der Waals surface area contributed by atoms with Crippen molar-refractivity contribution >= 4 is 0 Å². The van der Waals surface area contributed by atoms with Gasteiger partial charge in [0.1, 0.15) is 0 Å². The van der Waals surface area contributed by atoms with E-state index < -0.39 is 0 Å². The molecule has 0 amide bonds. The average molecular weight is 170 g/mol. The Morgan fingerprint density at radius 3 is 2.75 bits per heavy atom. The first-order valence-corrected chi connectivity index (χ1v) is 4.98. The molecule has 2 atom stereocenters. The quantitative estimate of drug-likeness (QED) is 0.659. The molecule has 0 bridgehead atoms. The van der Waals surface area contributed by atoms with E-state index in [0.29, 0.717) is 17.5 Å². The van der Waals surface area contributed by atoms with E-state index >= 15 is 0 Å². The van der Waals surface area contributed by atoms with Gasteiger partial charge >= 0.3 is 0 Å². The molecule has 0 spiro atoms. The van der Waals surface area contributed by atoms with Gasteiger partial charge in [0.2, 0.25) is 0 Å². The van der Waals surface area contributed by atoms with Crippen molar-refractivity contribution in [1.29, 1.82) is 0 Å². The van der Waals surface area contributed by atoms with Crippen LogP contribution in [0, 0.1) is 5.41 Å². The maximum Gasteiger partial charge on any atom is 0.00867 e. The summed E-state index contributed by atoms with van der Waals surface area (Å²) in [4.78, 5) is 0. The van der Waals surface area contributed by atoms with E-state index in [1.807, 2.05) is 0 Å². The Bertz CT molecular complexity index is 141. The highest BCUT2D eigenvalue weighted by Crippen LogP contribution is 2.30.